The lowest BCUT2D eigenvalue weighted by atomic mass is 9.72. The minimum Gasteiger partial charge on any atom is -0.455 e. The largest absolute Gasteiger partial charge is 0.455 e. The summed E-state index contributed by atoms with van der Waals surface area (Å²) in [6.07, 6.45) is 0. The van der Waals surface area contributed by atoms with Gasteiger partial charge in [-0.05, 0) is 141 Å². The number of aryl methyl sites for hydroxylation is 3. The second-order valence-corrected chi connectivity index (χ2v) is 21.8. The van der Waals surface area contributed by atoms with Crippen molar-refractivity contribution in [2.75, 3.05) is 4.90 Å². The highest BCUT2D eigenvalue weighted by molar-refractivity contribution is 6.21. The predicted octanol–water partition coefficient (Wildman–Crippen LogP) is 18.5. The van der Waals surface area contributed by atoms with Gasteiger partial charge < -0.3 is 13.7 Å². The molecule has 9 aromatic carbocycles. The molecule has 3 aliphatic rings. The van der Waals surface area contributed by atoms with Crippen LogP contribution in [0.5, 0.6) is 0 Å². The van der Waals surface area contributed by atoms with E-state index in [0.717, 1.165) is 44.7 Å². The van der Waals surface area contributed by atoms with Crippen LogP contribution in [0.15, 0.2) is 167 Å². The average molecular weight is 892 g/mol. The molecular weight excluding hydrogens is 839 g/mol. The lowest BCUT2D eigenvalue weighted by Gasteiger charge is -2.32. The summed E-state index contributed by atoms with van der Waals surface area (Å²) in [6.45, 7) is 21.2. The molecule has 0 atom stereocenters. The normalized spacial score (nSPS) is 15.4. The van der Waals surface area contributed by atoms with Crippen LogP contribution in [0.2, 0.25) is 0 Å². The van der Waals surface area contributed by atoms with Gasteiger partial charge in [0.15, 0.2) is 0 Å². The molecule has 2 heterocycles. The first-order valence-corrected chi connectivity index (χ1v) is 24.6. The first-order valence-electron chi connectivity index (χ1n) is 24.6. The van der Waals surface area contributed by atoms with Crippen molar-refractivity contribution in [1.82, 2.24) is 0 Å². The van der Waals surface area contributed by atoms with E-state index < -0.39 is 0 Å². The summed E-state index contributed by atoms with van der Waals surface area (Å²) < 4.78 is 13.8. The molecule has 69 heavy (non-hydrogen) atoms. The number of fused-ring (bicyclic) bond motifs is 19. The first-order chi connectivity index (χ1) is 33.2. The van der Waals surface area contributed by atoms with Crippen LogP contribution in [0.1, 0.15) is 91.6 Å². The topological polar surface area (TPSA) is 29.5 Å². The maximum atomic E-state index is 6.99. The number of furan rings is 2. The number of hydrogen-bond donors (Lipinski definition) is 0. The van der Waals surface area contributed by atoms with Crippen molar-refractivity contribution in [3.63, 3.8) is 0 Å². The zero-order valence-corrected chi connectivity index (χ0v) is 40.8. The SMILES string of the molecule is Cc1cccc(-c2cc3c(c4c2oc2ccccc24)-c2ccc(N(c4ccc5c(c4)C(C)(C)c4c6c(c7oc8ccccc8c7c4-5)-c4ccccc4C6(C)C)c4c(C)cccc4C)cc2C3(C)C)c1. The molecule has 0 N–H and O–H groups in total. The molecular formula is C66H53NO2. The van der Waals surface area contributed by atoms with Gasteiger partial charge in [-0.2, -0.15) is 0 Å². The summed E-state index contributed by atoms with van der Waals surface area (Å²) in [5.41, 5.74) is 28.4. The van der Waals surface area contributed by atoms with Crippen LogP contribution < -0.4 is 4.90 Å². The minimum absolute atomic E-state index is 0.223. The van der Waals surface area contributed by atoms with Gasteiger partial charge in [-0.25, -0.2) is 0 Å². The number of hydrogen-bond acceptors (Lipinski definition) is 3. The highest BCUT2D eigenvalue weighted by Crippen LogP contribution is 2.64. The van der Waals surface area contributed by atoms with E-state index in [0.29, 0.717) is 0 Å². The Morgan fingerprint density at radius 3 is 1.61 bits per heavy atom. The molecule has 0 bridgehead atoms. The highest BCUT2D eigenvalue weighted by Gasteiger charge is 2.49. The maximum Gasteiger partial charge on any atom is 0.144 e. The molecule has 3 aliphatic carbocycles. The Balaban J connectivity index is 1.000. The third-order valence-corrected chi connectivity index (χ3v) is 16.7. The third-order valence-electron chi connectivity index (χ3n) is 16.7. The lowest BCUT2D eigenvalue weighted by Crippen LogP contribution is -2.24. The van der Waals surface area contributed by atoms with Crippen LogP contribution in [0.25, 0.3) is 88.4 Å². The Morgan fingerprint density at radius 1 is 0.391 bits per heavy atom. The molecule has 0 spiro atoms. The van der Waals surface area contributed by atoms with Crippen molar-refractivity contribution in [2.45, 2.75) is 78.6 Å². The Kier molecular flexibility index (Phi) is 7.94. The van der Waals surface area contributed by atoms with E-state index in [9.17, 15) is 0 Å². The van der Waals surface area contributed by atoms with Gasteiger partial charge in [-0.3, -0.25) is 0 Å². The quantitative estimate of drug-likeness (QED) is 0.176. The zero-order chi connectivity index (χ0) is 47.0. The smallest absolute Gasteiger partial charge is 0.144 e. The van der Waals surface area contributed by atoms with Gasteiger partial charge in [0.25, 0.3) is 0 Å². The fourth-order valence-electron chi connectivity index (χ4n) is 13.5. The van der Waals surface area contributed by atoms with Gasteiger partial charge in [-0.15, -0.1) is 0 Å². The molecule has 0 radical (unpaired) electrons. The number of anilines is 3. The van der Waals surface area contributed by atoms with Gasteiger partial charge in [0.2, 0.25) is 0 Å². The number of para-hydroxylation sites is 3. The monoisotopic (exact) mass is 891 g/mol. The Hall–Kier alpha value is -7.62. The standard InChI is InChI=1S/C66H53NO2/c1-36-18-16-21-39(32-36)47-35-51-54(56-45-23-11-14-26-52(45)68-62(47)56)43-30-28-40(33-49(43)64(51,4)5)67(61-37(2)19-17-20-38(61)3)41-29-31-44-50(34-41)66(8,9)59-55(44)57-46-24-12-15-27-53(46)69-63(57)58-42-22-10-13-25-48(42)65(6,7)60(58)59/h10-35H,1-9H3. The van der Waals surface area contributed by atoms with Crippen LogP contribution in [-0.4, -0.2) is 0 Å². The molecule has 3 nitrogen and oxygen atoms in total. The fraction of sp³-hybridized carbons (Fsp3) is 0.182. The average Bonchev–Trinajstić information content (AvgIpc) is 4.09. The number of rotatable bonds is 4. The van der Waals surface area contributed by atoms with Crippen molar-refractivity contribution >= 4 is 60.9 Å². The van der Waals surface area contributed by atoms with Gasteiger partial charge in [0.05, 0.1) is 5.69 Å². The Morgan fingerprint density at radius 2 is 0.928 bits per heavy atom. The first kappa shape index (κ1) is 40.4. The fourth-order valence-corrected chi connectivity index (χ4v) is 13.5. The molecule has 0 saturated carbocycles. The molecule has 0 amide bonds. The van der Waals surface area contributed by atoms with Crippen LogP contribution in [0, 0.1) is 20.8 Å². The molecule has 0 unspecified atom stereocenters. The zero-order valence-electron chi connectivity index (χ0n) is 40.8. The third kappa shape index (κ3) is 5.18. The molecule has 0 fully saturated rings. The van der Waals surface area contributed by atoms with E-state index >= 15 is 0 Å². The molecule has 11 aromatic rings. The molecule has 334 valence electrons. The summed E-state index contributed by atoms with van der Waals surface area (Å²) >= 11 is 0. The summed E-state index contributed by atoms with van der Waals surface area (Å²) in [4.78, 5) is 2.54. The summed E-state index contributed by atoms with van der Waals surface area (Å²) in [6, 6.07) is 58.7. The van der Waals surface area contributed by atoms with Crippen molar-refractivity contribution in [3.05, 3.63) is 208 Å². The molecule has 0 aliphatic heterocycles. The van der Waals surface area contributed by atoms with Crippen molar-refractivity contribution in [1.29, 1.82) is 0 Å². The van der Waals surface area contributed by atoms with E-state index in [1.807, 2.05) is 0 Å². The molecule has 2 aromatic heterocycles. The summed E-state index contributed by atoms with van der Waals surface area (Å²) in [7, 11) is 0. The Bertz CT molecular complexity index is 4070. The van der Waals surface area contributed by atoms with Gasteiger partial charge in [0, 0.05) is 60.3 Å². The number of benzene rings is 9. The molecule has 14 rings (SSSR count). The van der Waals surface area contributed by atoms with Crippen LogP contribution in [-0.2, 0) is 16.2 Å². The molecule has 0 saturated heterocycles. The van der Waals surface area contributed by atoms with E-state index in [1.54, 1.807) is 0 Å². The molecule has 3 heteroatoms. The van der Waals surface area contributed by atoms with Crippen molar-refractivity contribution in [2.24, 2.45) is 0 Å². The summed E-state index contributed by atoms with van der Waals surface area (Å²) in [5, 5.41) is 4.75. The van der Waals surface area contributed by atoms with E-state index in [1.165, 1.54) is 111 Å². The highest BCUT2D eigenvalue weighted by atomic mass is 16.3. The van der Waals surface area contributed by atoms with E-state index in [2.05, 4.69) is 225 Å². The van der Waals surface area contributed by atoms with E-state index in [-0.39, 0.29) is 16.2 Å². The van der Waals surface area contributed by atoms with Crippen molar-refractivity contribution in [3.8, 4) is 44.5 Å². The Labute approximate surface area is 403 Å². The second-order valence-electron chi connectivity index (χ2n) is 21.8. The van der Waals surface area contributed by atoms with Gasteiger partial charge in [-0.1, -0.05) is 162 Å². The van der Waals surface area contributed by atoms with Crippen molar-refractivity contribution < 1.29 is 8.83 Å². The maximum absolute atomic E-state index is 6.99. The van der Waals surface area contributed by atoms with Gasteiger partial charge in [0.1, 0.15) is 22.3 Å². The van der Waals surface area contributed by atoms with Crippen LogP contribution in [0.3, 0.4) is 0 Å². The van der Waals surface area contributed by atoms with Crippen LogP contribution in [0.4, 0.5) is 17.1 Å². The van der Waals surface area contributed by atoms with E-state index in [4.69, 9.17) is 8.83 Å². The minimum atomic E-state index is -0.321. The number of nitrogens with zero attached hydrogens (tertiary/aromatic N) is 1. The lowest BCUT2D eigenvalue weighted by molar-refractivity contribution is 0.600. The summed E-state index contributed by atoms with van der Waals surface area (Å²) in [5.74, 6) is 0. The van der Waals surface area contributed by atoms with Crippen LogP contribution >= 0.6 is 0 Å². The predicted molar refractivity (Wildman–Crippen MR) is 288 cm³/mol. The second kappa shape index (κ2) is 13.5. The van der Waals surface area contributed by atoms with Gasteiger partial charge >= 0.3 is 0 Å².